The van der Waals surface area contributed by atoms with Gasteiger partial charge in [0.15, 0.2) is 0 Å². The molecule has 1 rings (SSSR count). The summed E-state index contributed by atoms with van der Waals surface area (Å²) in [4.78, 5) is 0. The zero-order chi connectivity index (χ0) is 8.10. The SMILES string of the molecule is CC(C#CO)C1CCCCC1. The Balaban J connectivity index is 2.36. The van der Waals surface area contributed by atoms with Crippen molar-refractivity contribution in [1.82, 2.24) is 0 Å². The van der Waals surface area contributed by atoms with E-state index in [1.54, 1.807) is 0 Å². The van der Waals surface area contributed by atoms with Gasteiger partial charge in [0, 0.05) is 5.92 Å². The molecule has 0 aromatic heterocycles. The second kappa shape index (κ2) is 4.28. The van der Waals surface area contributed by atoms with Crippen molar-refractivity contribution in [2.75, 3.05) is 0 Å². The summed E-state index contributed by atoms with van der Waals surface area (Å²) in [7, 11) is 0. The lowest BCUT2D eigenvalue weighted by Crippen LogP contribution is -2.13. The second-order valence-corrected chi connectivity index (χ2v) is 3.44. The highest BCUT2D eigenvalue weighted by Gasteiger charge is 2.18. The van der Waals surface area contributed by atoms with Crippen LogP contribution in [0.15, 0.2) is 0 Å². The molecule has 11 heavy (non-hydrogen) atoms. The Kier molecular flexibility index (Phi) is 3.29. The fourth-order valence-corrected chi connectivity index (χ4v) is 1.85. The van der Waals surface area contributed by atoms with E-state index in [-0.39, 0.29) is 0 Å². The number of aliphatic hydroxyl groups excluding tert-OH is 1. The first-order chi connectivity index (χ1) is 5.34. The zero-order valence-corrected chi connectivity index (χ0v) is 7.14. The molecule has 1 heteroatoms. The molecule has 1 aliphatic carbocycles. The highest BCUT2D eigenvalue weighted by atomic mass is 16.2. The minimum absolute atomic E-state index is 0.389. The Bertz CT molecular complexity index is 157. The van der Waals surface area contributed by atoms with E-state index < -0.39 is 0 Å². The average molecular weight is 152 g/mol. The molecule has 1 unspecified atom stereocenters. The fraction of sp³-hybridized carbons (Fsp3) is 0.800. The third-order valence-corrected chi connectivity index (χ3v) is 2.65. The molecule has 0 heterocycles. The Morgan fingerprint density at radius 3 is 2.45 bits per heavy atom. The first-order valence-corrected chi connectivity index (χ1v) is 4.49. The first-order valence-electron chi connectivity index (χ1n) is 4.49. The maximum atomic E-state index is 8.41. The summed E-state index contributed by atoms with van der Waals surface area (Å²) in [5.41, 5.74) is 0. The number of aliphatic hydroxyl groups is 1. The predicted molar refractivity (Wildman–Crippen MR) is 45.5 cm³/mol. The molecule has 62 valence electrons. The second-order valence-electron chi connectivity index (χ2n) is 3.44. The van der Waals surface area contributed by atoms with Crippen LogP contribution in [0.5, 0.6) is 0 Å². The Hall–Kier alpha value is -0.640. The van der Waals surface area contributed by atoms with Crippen molar-refractivity contribution in [2.24, 2.45) is 11.8 Å². The maximum absolute atomic E-state index is 8.41. The number of hydrogen-bond donors (Lipinski definition) is 1. The summed E-state index contributed by atoms with van der Waals surface area (Å²) < 4.78 is 0. The van der Waals surface area contributed by atoms with E-state index >= 15 is 0 Å². The van der Waals surface area contributed by atoms with Gasteiger partial charge >= 0.3 is 0 Å². The van der Waals surface area contributed by atoms with Gasteiger partial charge in [-0.05, 0) is 18.8 Å². The molecule has 0 radical (unpaired) electrons. The van der Waals surface area contributed by atoms with Crippen LogP contribution in [0.3, 0.4) is 0 Å². The number of rotatable bonds is 1. The standard InChI is InChI=1S/C10H16O/c1-9(7-8-11)10-5-3-2-4-6-10/h9-11H,2-6H2,1H3. The quantitative estimate of drug-likeness (QED) is 0.572. The van der Waals surface area contributed by atoms with Gasteiger partial charge in [0.1, 0.15) is 6.11 Å². The molecular formula is C10H16O. The van der Waals surface area contributed by atoms with E-state index in [4.69, 9.17) is 5.11 Å². The Morgan fingerprint density at radius 2 is 1.91 bits per heavy atom. The van der Waals surface area contributed by atoms with Crippen molar-refractivity contribution in [3.8, 4) is 12.0 Å². The van der Waals surface area contributed by atoms with Gasteiger partial charge in [-0.2, -0.15) is 0 Å². The molecule has 1 aliphatic rings. The normalized spacial score (nSPS) is 21.9. The Labute approximate surface area is 68.8 Å². The van der Waals surface area contributed by atoms with E-state index in [1.165, 1.54) is 32.1 Å². The average Bonchev–Trinajstić information content (AvgIpc) is 2.07. The fourth-order valence-electron chi connectivity index (χ4n) is 1.85. The van der Waals surface area contributed by atoms with E-state index in [9.17, 15) is 0 Å². The molecule has 0 amide bonds. The molecule has 0 aliphatic heterocycles. The van der Waals surface area contributed by atoms with Crippen molar-refractivity contribution >= 4 is 0 Å². The lowest BCUT2D eigenvalue weighted by molar-refractivity contribution is 0.305. The summed E-state index contributed by atoms with van der Waals surface area (Å²) in [5.74, 6) is 3.95. The predicted octanol–water partition coefficient (Wildman–Crippen LogP) is 2.54. The molecule has 1 saturated carbocycles. The highest BCUT2D eigenvalue weighted by molar-refractivity contribution is 4.98. The van der Waals surface area contributed by atoms with Crippen LogP contribution in [0, 0.1) is 23.9 Å². The van der Waals surface area contributed by atoms with Crippen LogP contribution in [0.25, 0.3) is 0 Å². The van der Waals surface area contributed by atoms with Crippen molar-refractivity contribution in [3.63, 3.8) is 0 Å². The van der Waals surface area contributed by atoms with Gasteiger partial charge in [0.25, 0.3) is 0 Å². The number of hydrogen-bond acceptors (Lipinski definition) is 1. The van der Waals surface area contributed by atoms with Crippen LogP contribution in [0.1, 0.15) is 39.0 Å². The van der Waals surface area contributed by atoms with Crippen molar-refractivity contribution in [2.45, 2.75) is 39.0 Å². The van der Waals surface area contributed by atoms with Gasteiger partial charge in [0.05, 0.1) is 0 Å². The molecule has 1 atom stereocenters. The van der Waals surface area contributed by atoms with Gasteiger partial charge in [-0.1, -0.05) is 32.1 Å². The molecule has 0 aromatic rings. The third kappa shape index (κ3) is 2.46. The van der Waals surface area contributed by atoms with Gasteiger partial charge in [0.2, 0.25) is 0 Å². The minimum atomic E-state index is 0.389. The smallest absolute Gasteiger partial charge is 0.107 e. The topological polar surface area (TPSA) is 20.2 Å². The molecule has 1 fully saturated rings. The first kappa shape index (κ1) is 8.46. The minimum Gasteiger partial charge on any atom is -0.462 e. The molecule has 0 spiro atoms. The van der Waals surface area contributed by atoms with Crippen LogP contribution < -0.4 is 0 Å². The molecule has 1 N–H and O–H groups in total. The molecule has 1 nitrogen and oxygen atoms in total. The zero-order valence-electron chi connectivity index (χ0n) is 7.14. The summed E-state index contributed by atoms with van der Waals surface area (Å²) in [6.07, 6.45) is 8.70. The molecular weight excluding hydrogens is 136 g/mol. The lowest BCUT2D eigenvalue weighted by atomic mass is 9.81. The molecule has 0 bridgehead atoms. The van der Waals surface area contributed by atoms with Gasteiger partial charge in [-0.3, -0.25) is 0 Å². The van der Waals surface area contributed by atoms with E-state index in [2.05, 4.69) is 12.8 Å². The van der Waals surface area contributed by atoms with E-state index in [1.807, 2.05) is 6.11 Å². The largest absolute Gasteiger partial charge is 0.462 e. The monoisotopic (exact) mass is 152 g/mol. The van der Waals surface area contributed by atoms with Crippen LogP contribution in [-0.4, -0.2) is 5.11 Å². The summed E-state index contributed by atoms with van der Waals surface area (Å²) >= 11 is 0. The highest BCUT2D eigenvalue weighted by Crippen LogP contribution is 2.29. The van der Waals surface area contributed by atoms with E-state index in [0.717, 1.165) is 5.92 Å². The summed E-state index contributed by atoms with van der Waals surface area (Å²) in [6.45, 7) is 2.11. The lowest BCUT2D eigenvalue weighted by Gasteiger charge is -2.23. The van der Waals surface area contributed by atoms with Crippen LogP contribution in [0.2, 0.25) is 0 Å². The van der Waals surface area contributed by atoms with E-state index in [0.29, 0.717) is 5.92 Å². The van der Waals surface area contributed by atoms with Crippen LogP contribution in [-0.2, 0) is 0 Å². The maximum Gasteiger partial charge on any atom is 0.107 e. The summed E-state index contributed by atoms with van der Waals surface area (Å²) in [5, 5.41) is 8.41. The van der Waals surface area contributed by atoms with Crippen LogP contribution in [0.4, 0.5) is 0 Å². The van der Waals surface area contributed by atoms with Crippen molar-refractivity contribution in [3.05, 3.63) is 0 Å². The summed E-state index contributed by atoms with van der Waals surface area (Å²) in [6, 6.07) is 0. The van der Waals surface area contributed by atoms with Crippen LogP contribution >= 0.6 is 0 Å². The van der Waals surface area contributed by atoms with Crippen molar-refractivity contribution < 1.29 is 5.11 Å². The van der Waals surface area contributed by atoms with Gasteiger partial charge in [-0.15, -0.1) is 0 Å². The molecule has 0 aromatic carbocycles. The third-order valence-electron chi connectivity index (χ3n) is 2.65. The van der Waals surface area contributed by atoms with Gasteiger partial charge < -0.3 is 5.11 Å². The molecule has 0 saturated heterocycles. The van der Waals surface area contributed by atoms with Crippen molar-refractivity contribution in [1.29, 1.82) is 0 Å². The Morgan fingerprint density at radius 1 is 1.27 bits per heavy atom. The van der Waals surface area contributed by atoms with Gasteiger partial charge in [-0.25, -0.2) is 0 Å².